The number of imide groups is 1. The molecular weight excluding hydrogens is 302 g/mol. The van der Waals surface area contributed by atoms with E-state index < -0.39 is 5.54 Å². The molecule has 1 saturated carbocycles. The molecule has 3 rings (SSSR count). The third-order valence-corrected chi connectivity index (χ3v) is 5.25. The molecule has 0 radical (unpaired) electrons. The van der Waals surface area contributed by atoms with Gasteiger partial charge in [0.25, 0.3) is 5.91 Å². The molecule has 0 spiro atoms. The van der Waals surface area contributed by atoms with E-state index in [-0.39, 0.29) is 17.9 Å². The first-order valence-electron chi connectivity index (χ1n) is 8.86. The summed E-state index contributed by atoms with van der Waals surface area (Å²) in [6.45, 7) is 0.327. The Kier molecular flexibility index (Phi) is 4.90. The highest BCUT2D eigenvalue weighted by atomic mass is 16.2. The first-order chi connectivity index (χ1) is 11.5. The molecule has 1 unspecified atom stereocenters. The summed E-state index contributed by atoms with van der Waals surface area (Å²) >= 11 is 0. The molecule has 1 aliphatic carbocycles. The lowest BCUT2D eigenvalue weighted by Crippen LogP contribution is -2.55. The van der Waals surface area contributed by atoms with Crippen molar-refractivity contribution in [1.82, 2.24) is 15.1 Å². The predicted octanol–water partition coefficient (Wildman–Crippen LogP) is 2.62. The van der Waals surface area contributed by atoms with Crippen LogP contribution in [0.3, 0.4) is 0 Å². The Hall–Kier alpha value is -1.88. The van der Waals surface area contributed by atoms with Gasteiger partial charge in [-0.15, -0.1) is 0 Å². The van der Waals surface area contributed by atoms with Crippen molar-refractivity contribution >= 4 is 11.9 Å². The molecule has 5 heteroatoms. The van der Waals surface area contributed by atoms with E-state index >= 15 is 0 Å². The summed E-state index contributed by atoms with van der Waals surface area (Å²) in [5.41, 5.74) is 0.318. The van der Waals surface area contributed by atoms with Gasteiger partial charge >= 0.3 is 6.03 Å². The molecule has 1 atom stereocenters. The van der Waals surface area contributed by atoms with Crippen molar-refractivity contribution < 1.29 is 9.59 Å². The normalized spacial score (nSPS) is 25.4. The highest BCUT2D eigenvalue weighted by Crippen LogP contribution is 2.38. The average molecular weight is 329 g/mol. The van der Waals surface area contributed by atoms with Gasteiger partial charge in [-0.05, 0) is 38.4 Å². The number of nitrogens with zero attached hydrogens (tertiary/aromatic N) is 2. The highest BCUT2D eigenvalue weighted by molar-refractivity contribution is 6.07. The molecule has 2 aliphatic rings. The number of nitrogens with one attached hydrogen (secondary N) is 1. The second-order valence-corrected chi connectivity index (χ2v) is 7.35. The number of urea groups is 1. The molecule has 3 amide bonds. The van der Waals surface area contributed by atoms with Crippen LogP contribution in [0.5, 0.6) is 0 Å². The number of amides is 3. The van der Waals surface area contributed by atoms with E-state index in [2.05, 4.69) is 5.32 Å². The van der Waals surface area contributed by atoms with Crippen LogP contribution >= 0.6 is 0 Å². The van der Waals surface area contributed by atoms with E-state index in [9.17, 15) is 9.59 Å². The Bertz CT molecular complexity index is 596. The number of hydrogen-bond donors (Lipinski definition) is 1. The Labute approximate surface area is 144 Å². The zero-order chi connectivity index (χ0) is 17.2. The Morgan fingerprint density at radius 3 is 2.42 bits per heavy atom. The molecule has 1 aromatic rings. The van der Waals surface area contributed by atoms with Gasteiger partial charge in [-0.1, -0.05) is 49.6 Å². The van der Waals surface area contributed by atoms with E-state index in [1.54, 1.807) is 0 Å². The summed E-state index contributed by atoms with van der Waals surface area (Å²) < 4.78 is 0. The van der Waals surface area contributed by atoms with Gasteiger partial charge < -0.3 is 5.32 Å². The van der Waals surface area contributed by atoms with Crippen molar-refractivity contribution in [2.45, 2.75) is 44.1 Å². The van der Waals surface area contributed by atoms with Crippen molar-refractivity contribution in [2.75, 3.05) is 20.8 Å². The molecule has 2 fully saturated rings. The van der Waals surface area contributed by atoms with E-state index in [0.717, 1.165) is 31.2 Å². The minimum atomic E-state index is -0.783. The topological polar surface area (TPSA) is 52.6 Å². The minimum absolute atomic E-state index is 0.0584. The van der Waals surface area contributed by atoms with Crippen LogP contribution in [0.1, 0.15) is 37.7 Å². The third-order valence-electron chi connectivity index (χ3n) is 5.25. The predicted molar refractivity (Wildman–Crippen MR) is 93.4 cm³/mol. The van der Waals surface area contributed by atoms with Crippen LogP contribution in [0.25, 0.3) is 0 Å². The average Bonchev–Trinajstić information content (AvgIpc) is 2.81. The van der Waals surface area contributed by atoms with E-state index in [0.29, 0.717) is 13.1 Å². The van der Waals surface area contributed by atoms with E-state index in [1.807, 2.05) is 49.3 Å². The minimum Gasteiger partial charge on any atom is -0.322 e. The first kappa shape index (κ1) is 17.0. The summed E-state index contributed by atoms with van der Waals surface area (Å²) in [5, 5.41) is 3.10. The molecule has 1 aromatic carbocycles. The fraction of sp³-hybridized carbons (Fsp3) is 0.579. The van der Waals surface area contributed by atoms with Crippen LogP contribution in [-0.4, -0.2) is 48.0 Å². The van der Waals surface area contributed by atoms with E-state index in [4.69, 9.17) is 0 Å². The fourth-order valence-electron chi connectivity index (χ4n) is 4.11. The molecule has 1 heterocycles. The SMILES string of the molecule is CN(C)CN1C(=O)NC(Cc2ccccc2)(C2CCCCC2)C1=O. The summed E-state index contributed by atoms with van der Waals surface area (Å²) in [6, 6.07) is 9.78. The molecule has 1 aliphatic heterocycles. The maximum atomic E-state index is 13.3. The molecule has 1 N–H and O–H groups in total. The Morgan fingerprint density at radius 1 is 1.12 bits per heavy atom. The summed E-state index contributed by atoms with van der Waals surface area (Å²) in [7, 11) is 3.75. The Balaban J connectivity index is 1.93. The van der Waals surface area contributed by atoms with Gasteiger partial charge in [0.2, 0.25) is 0 Å². The molecule has 0 aromatic heterocycles. The number of benzene rings is 1. The first-order valence-corrected chi connectivity index (χ1v) is 8.86. The summed E-state index contributed by atoms with van der Waals surface area (Å²) in [5.74, 6) is 0.159. The lowest BCUT2D eigenvalue weighted by atomic mass is 9.71. The van der Waals surface area contributed by atoms with Gasteiger partial charge in [0.15, 0.2) is 0 Å². The van der Waals surface area contributed by atoms with Gasteiger partial charge in [0.05, 0.1) is 6.67 Å². The van der Waals surface area contributed by atoms with Crippen LogP contribution < -0.4 is 5.32 Å². The number of carbonyl (C=O) groups is 2. The molecule has 1 saturated heterocycles. The number of carbonyl (C=O) groups excluding carboxylic acids is 2. The molecule has 5 nitrogen and oxygen atoms in total. The number of rotatable bonds is 5. The van der Waals surface area contributed by atoms with Gasteiger partial charge in [-0.3, -0.25) is 9.69 Å². The highest BCUT2D eigenvalue weighted by Gasteiger charge is 2.55. The number of hydrogen-bond acceptors (Lipinski definition) is 3. The lowest BCUT2D eigenvalue weighted by Gasteiger charge is -2.38. The quantitative estimate of drug-likeness (QED) is 0.845. The van der Waals surface area contributed by atoms with Crippen molar-refractivity contribution in [3.05, 3.63) is 35.9 Å². The second kappa shape index (κ2) is 6.93. The molecule has 0 bridgehead atoms. The van der Waals surface area contributed by atoms with Crippen LogP contribution in [0.2, 0.25) is 0 Å². The smallest absolute Gasteiger partial charge is 0.322 e. The largest absolute Gasteiger partial charge is 0.326 e. The van der Waals surface area contributed by atoms with Crippen LogP contribution in [0, 0.1) is 5.92 Å². The van der Waals surface area contributed by atoms with Gasteiger partial charge in [-0.2, -0.15) is 0 Å². The van der Waals surface area contributed by atoms with Crippen molar-refractivity contribution in [3.8, 4) is 0 Å². The third kappa shape index (κ3) is 3.18. The standard InChI is InChI=1S/C19H27N3O2/c1-21(2)14-22-17(23)19(20-18(22)24,16-11-7-4-8-12-16)13-15-9-5-3-6-10-15/h3,5-6,9-10,16H,4,7-8,11-14H2,1-2H3,(H,20,24). The summed E-state index contributed by atoms with van der Waals surface area (Å²) in [6.07, 6.45) is 6.09. The fourth-order valence-corrected chi connectivity index (χ4v) is 4.11. The second-order valence-electron chi connectivity index (χ2n) is 7.35. The maximum absolute atomic E-state index is 13.3. The zero-order valence-corrected chi connectivity index (χ0v) is 14.6. The van der Waals surface area contributed by atoms with Crippen molar-refractivity contribution in [2.24, 2.45) is 5.92 Å². The van der Waals surface area contributed by atoms with Gasteiger partial charge in [-0.25, -0.2) is 9.69 Å². The van der Waals surface area contributed by atoms with Crippen molar-refractivity contribution in [3.63, 3.8) is 0 Å². The van der Waals surface area contributed by atoms with Crippen LogP contribution in [0.4, 0.5) is 4.79 Å². The van der Waals surface area contributed by atoms with Gasteiger partial charge in [0, 0.05) is 6.42 Å². The van der Waals surface area contributed by atoms with Crippen LogP contribution in [-0.2, 0) is 11.2 Å². The molecular formula is C19H27N3O2. The molecule has 24 heavy (non-hydrogen) atoms. The summed E-state index contributed by atoms with van der Waals surface area (Å²) in [4.78, 5) is 29.1. The zero-order valence-electron chi connectivity index (χ0n) is 14.6. The Morgan fingerprint density at radius 2 is 1.79 bits per heavy atom. The maximum Gasteiger partial charge on any atom is 0.326 e. The molecule has 130 valence electrons. The van der Waals surface area contributed by atoms with Crippen LogP contribution in [0.15, 0.2) is 30.3 Å². The van der Waals surface area contributed by atoms with Gasteiger partial charge in [0.1, 0.15) is 5.54 Å². The van der Waals surface area contributed by atoms with E-state index in [1.165, 1.54) is 11.3 Å². The monoisotopic (exact) mass is 329 g/mol. The lowest BCUT2D eigenvalue weighted by molar-refractivity contribution is -0.135. The van der Waals surface area contributed by atoms with Crippen molar-refractivity contribution in [1.29, 1.82) is 0 Å².